The lowest BCUT2D eigenvalue weighted by Crippen LogP contribution is -2.50. The average Bonchev–Trinajstić information content (AvgIpc) is 3.56. The molecule has 2 fully saturated rings. The number of methoxy groups -OCH3 is 1. The van der Waals surface area contributed by atoms with Crippen LogP contribution in [0.5, 0.6) is 5.75 Å². The SMILES string of the molecule is COc1cc(C(=O)N2C[C@H](N)C[C@@H](F)C2)cn2nc(-c3cc4ccc(-c5ccc6c(c5)CNC6=O)cc4n3CC3CC3)c(C)c12. The topological polar surface area (TPSA) is 107 Å². The van der Waals surface area contributed by atoms with E-state index in [0.29, 0.717) is 30.3 Å². The van der Waals surface area contributed by atoms with E-state index < -0.39 is 6.17 Å². The second-order valence-electron chi connectivity index (χ2n) is 12.8. The molecule has 0 unspecified atom stereocenters. The van der Waals surface area contributed by atoms with Gasteiger partial charge in [-0.25, -0.2) is 8.91 Å². The van der Waals surface area contributed by atoms with Gasteiger partial charge >= 0.3 is 0 Å². The Morgan fingerprint density at radius 2 is 1.91 bits per heavy atom. The summed E-state index contributed by atoms with van der Waals surface area (Å²) in [5, 5.41) is 9.05. The minimum absolute atomic E-state index is 0.0185. The highest BCUT2D eigenvalue weighted by atomic mass is 19.1. The van der Waals surface area contributed by atoms with Crippen LogP contribution in [-0.4, -0.2) is 63.3 Å². The first-order chi connectivity index (χ1) is 21.8. The molecule has 1 saturated heterocycles. The molecular weight excluding hydrogens is 571 g/mol. The molecule has 230 valence electrons. The van der Waals surface area contributed by atoms with Crippen molar-refractivity contribution in [3.63, 3.8) is 0 Å². The van der Waals surface area contributed by atoms with Crippen LogP contribution >= 0.6 is 0 Å². The van der Waals surface area contributed by atoms with E-state index in [2.05, 4.69) is 40.2 Å². The van der Waals surface area contributed by atoms with Crippen LogP contribution in [0, 0.1) is 12.8 Å². The highest BCUT2D eigenvalue weighted by Crippen LogP contribution is 2.39. The van der Waals surface area contributed by atoms with E-state index in [9.17, 15) is 14.0 Å². The van der Waals surface area contributed by atoms with Crippen LogP contribution in [0.25, 0.3) is 38.9 Å². The first-order valence-corrected chi connectivity index (χ1v) is 15.6. The summed E-state index contributed by atoms with van der Waals surface area (Å²) in [5.41, 5.74) is 15.0. The number of nitrogens with two attached hydrogens (primary N) is 1. The van der Waals surface area contributed by atoms with Gasteiger partial charge in [0.2, 0.25) is 0 Å². The van der Waals surface area contributed by atoms with Crippen molar-refractivity contribution in [2.75, 3.05) is 20.2 Å². The summed E-state index contributed by atoms with van der Waals surface area (Å²) < 4.78 is 24.2. The van der Waals surface area contributed by atoms with Crippen LogP contribution in [0.15, 0.2) is 54.7 Å². The summed E-state index contributed by atoms with van der Waals surface area (Å²) in [6.45, 7) is 3.81. The molecule has 0 bridgehead atoms. The number of carbonyl (C=O) groups excluding carboxylic acids is 2. The van der Waals surface area contributed by atoms with Gasteiger partial charge in [0, 0.05) is 53.9 Å². The van der Waals surface area contributed by atoms with Crippen LogP contribution in [0.3, 0.4) is 0 Å². The van der Waals surface area contributed by atoms with Gasteiger partial charge < -0.3 is 25.3 Å². The normalized spacial score (nSPS) is 19.7. The molecule has 1 saturated carbocycles. The van der Waals surface area contributed by atoms with Gasteiger partial charge in [-0.05, 0) is 79.1 Å². The molecule has 10 heteroatoms. The third-order valence-electron chi connectivity index (χ3n) is 9.52. The molecular formula is C35H35FN6O3. The van der Waals surface area contributed by atoms with Gasteiger partial charge in [-0.1, -0.05) is 18.2 Å². The fourth-order valence-corrected chi connectivity index (χ4v) is 7.02. The number of likely N-dealkylation sites (tertiary alicyclic amines) is 1. The minimum atomic E-state index is -1.14. The van der Waals surface area contributed by atoms with Crippen LogP contribution < -0.4 is 15.8 Å². The lowest BCUT2D eigenvalue weighted by molar-refractivity contribution is 0.0605. The Balaban J connectivity index is 1.22. The summed E-state index contributed by atoms with van der Waals surface area (Å²) in [5.74, 6) is 0.845. The van der Waals surface area contributed by atoms with Gasteiger partial charge in [0.25, 0.3) is 11.8 Å². The highest BCUT2D eigenvalue weighted by molar-refractivity contribution is 5.99. The number of aryl methyl sites for hydroxylation is 1. The Morgan fingerprint density at radius 1 is 1.11 bits per heavy atom. The number of alkyl halides is 1. The van der Waals surface area contributed by atoms with Crippen LogP contribution in [0.4, 0.5) is 4.39 Å². The van der Waals surface area contributed by atoms with Crippen molar-refractivity contribution in [1.82, 2.24) is 24.4 Å². The Morgan fingerprint density at radius 3 is 2.69 bits per heavy atom. The van der Waals surface area contributed by atoms with E-state index in [1.54, 1.807) is 23.9 Å². The quantitative estimate of drug-likeness (QED) is 0.280. The zero-order valence-electron chi connectivity index (χ0n) is 25.3. The third kappa shape index (κ3) is 4.75. The summed E-state index contributed by atoms with van der Waals surface area (Å²) in [7, 11) is 1.58. The number of nitrogens with zero attached hydrogens (tertiary/aromatic N) is 4. The van der Waals surface area contributed by atoms with E-state index in [-0.39, 0.29) is 30.8 Å². The summed E-state index contributed by atoms with van der Waals surface area (Å²) in [6.07, 6.45) is 3.24. The number of halogens is 1. The molecule has 45 heavy (non-hydrogen) atoms. The molecule has 2 aliphatic heterocycles. The zero-order chi connectivity index (χ0) is 31.0. The number of pyridine rings is 1. The van der Waals surface area contributed by atoms with Crippen molar-refractivity contribution >= 4 is 28.2 Å². The van der Waals surface area contributed by atoms with Gasteiger partial charge in [-0.2, -0.15) is 5.10 Å². The molecule has 3 N–H and O–H groups in total. The number of piperidine rings is 1. The number of hydrogen-bond acceptors (Lipinski definition) is 5. The molecule has 3 aromatic heterocycles. The Labute approximate surface area is 259 Å². The predicted molar refractivity (Wildman–Crippen MR) is 170 cm³/mol. The number of rotatable bonds is 6. The molecule has 8 rings (SSSR count). The molecule has 2 amide bonds. The van der Waals surface area contributed by atoms with Crippen LogP contribution in [-0.2, 0) is 13.1 Å². The fourth-order valence-electron chi connectivity index (χ4n) is 7.02. The van der Waals surface area contributed by atoms with Crippen molar-refractivity contribution in [3.05, 3.63) is 77.0 Å². The average molecular weight is 607 g/mol. The second-order valence-corrected chi connectivity index (χ2v) is 12.8. The van der Waals surface area contributed by atoms with Crippen LogP contribution in [0.2, 0.25) is 0 Å². The first kappa shape index (κ1) is 27.8. The fraction of sp³-hybridized carbons (Fsp3) is 0.343. The predicted octanol–water partition coefficient (Wildman–Crippen LogP) is 5.10. The number of amides is 2. The van der Waals surface area contributed by atoms with Crippen molar-refractivity contribution in [2.24, 2.45) is 11.7 Å². The number of ether oxygens (including phenoxy) is 1. The summed E-state index contributed by atoms with van der Waals surface area (Å²) >= 11 is 0. The zero-order valence-corrected chi connectivity index (χ0v) is 25.3. The van der Waals surface area contributed by atoms with Gasteiger partial charge in [0.05, 0.1) is 24.9 Å². The molecule has 0 spiro atoms. The number of carbonyl (C=O) groups is 2. The van der Waals surface area contributed by atoms with E-state index in [4.69, 9.17) is 15.6 Å². The van der Waals surface area contributed by atoms with Crippen LogP contribution in [0.1, 0.15) is 51.1 Å². The second kappa shape index (κ2) is 10.4. The number of fused-ring (bicyclic) bond motifs is 3. The van der Waals surface area contributed by atoms with Crippen molar-refractivity contribution in [2.45, 2.75) is 51.5 Å². The largest absolute Gasteiger partial charge is 0.494 e. The maximum Gasteiger partial charge on any atom is 0.255 e. The summed E-state index contributed by atoms with van der Waals surface area (Å²) in [6, 6.07) is 16.1. The van der Waals surface area contributed by atoms with E-state index in [0.717, 1.165) is 62.2 Å². The first-order valence-electron chi connectivity index (χ1n) is 15.6. The van der Waals surface area contributed by atoms with Crippen molar-refractivity contribution in [3.8, 4) is 28.3 Å². The molecule has 2 atom stereocenters. The standard InChI is InChI=1S/C35H35FN6O3/c1-19-32(39-42-16-25(12-31(45-2)33(19)42)35(44)40-17-26(36)13-27(37)18-40)30-11-23-6-5-22(10-29(23)41(30)15-20-3-4-20)21-7-8-28-24(9-21)14-38-34(28)43/h5-12,16,20,26-27H,3-4,13-15,17-18,37H2,1-2H3,(H,38,43)/t26-,27-/m1/s1. The van der Waals surface area contributed by atoms with Gasteiger partial charge in [0.15, 0.2) is 0 Å². The lowest BCUT2D eigenvalue weighted by atomic mass is 9.99. The Hall–Kier alpha value is -4.70. The van der Waals surface area contributed by atoms with E-state index in [1.165, 1.54) is 17.7 Å². The summed E-state index contributed by atoms with van der Waals surface area (Å²) in [4.78, 5) is 27.0. The molecule has 5 aromatic rings. The molecule has 0 radical (unpaired) electrons. The molecule has 3 aliphatic rings. The maximum absolute atomic E-state index is 14.3. The number of hydrogen-bond donors (Lipinski definition) is 2. The van der Waals surface area contributed by atoms with Crippen molar-refractivity contribution in [1.29, 1.82) is 0 Å². The van der Waals surface area contributed by atoms with Gasteiger partial charge in [0.1, 0.15) is 23.1 Å². The molecule has 2 aromatic carbocycles. The van der Waals surface area contributed by atoms with Gasteiger partial charge in [-0.15, -0.1) is 0 Å². The highest BCUT2D eigenvalue weighted by Gasteiger charge is 2.31. The molecule has 5 heterocycles. The van der Waals surface area contributed by atoms with E-state index in [1.807, 2.05) is 19.1 Å². The number of benzene rings is 2. The van der Waals surface area contributed by atoms with Gasteiger partial charge in [-0.3, -0.25) is 9.59 Å². The molecule has 9 nitrogen and oxygen atoms in total. The van der Waals surface area contributed by atoms with Crippen molar-refractivity contribution < 1.29 is 18.7 Å². The molecule has 1 aliphatic carbocycles. The lowest BCUT2D eigenvalue weighted by Gasteiger charge is -2.33. The third-order valence-corrected chi connectivity index (χ3v) is 9.52. The Kier molecular flexibility index (Phi) is 6.46. The number of aromatic nitrogens is 3. The number of nitrogens with one attached hydrogen (secondary N) is 1. The minimum Gasteiger partial charge on any atom is -0.494 e. The van der Waals surface area contributed by atoms with E-state index >= 15 is 0 Å². The Bertz CT molecular complexity index is 2020. The maximum atomic E-state index is 14.3. The monoisotopic (exact) mass is 606 g/mol. The smallest absolute Gasteiger partial charge is 0.255 e.